The van der Waals surface area contributed by atoms with E-state index in [0.717, 1.165) is 0 Å². The fraction of sp³-hybridized carbons (Fsp3) is 0.846. The van der Waals surface area contributed by atoms with E-state index in [2.05, 4.69) is 6.58 Å². The molecule has 0 aromatic heterocycles. The van der Waals surface area contributed by atoms with E-state index in [-0.39, 0.29) is 19.0 Å². The van der Waals surface area contributed by atoms with Crippen LogP contribution in [0, 0.1) is 0 Å². The highest BCUT2D eigenvalue weighted by Gasteiger charge is 2.24. The molecule has 0 rings (SSSR count). The van der Waals surface area contributed by atoms with E-state index in [4.69, 9.17) is 18.9 Å². The molecule has 0 amide bonds. The Bertz CT molecular complexity index is 190. The Kier molecular flexibility index (Phi) is 11.3. The summed E-state index contributed by atoms with van der Waals surface area (Å²) >= 11 is 0. The second kappa shape index (κ2) is 11.6. The zero-order valence-electron chi connectivity index (χ0n) is 11.6. The number of hydrogen-bond donors (Lipinski definition) is 1. The van der Waals surface area contributed by atoms with Gasteiger partial charge in [0.1, 0.15) is 6.79 Å². The molecule has 0 radical (unpaired) electrons. The first-order valence-corrected chi connectivity index (χ1v) is 6.10. The van der Waals surface area contributed by atoms with Gasteiger partial charge in [-0.05, 0) is 12.8 Å². The Morgan fingerprint density at radius 3 is 2.39 bits per heavy atom. The van der Waals surface area contributed by atoms with E-state index in [0.29, 0.717) is 25.9 Å². The highest BCUT2D eigenvalue weighted by molar-refractivity contribution is 4.79. The smallest absolute Gasteiger partial charge is 0.146 e. The lowest BCUT2D eigenvalue weighted by Crippen LogP contribution is -2.35. The quantitative estimate of drug-likeness (QED) is 0.425. The Morgan fingerprint density at radius 2 is 1.89 bits per heavy atom. The molecule has 0 saturated heterocycles. The lowest BCUT2D eigenvalue weighted by atomic mass is 10.0. The Labute approximate surface area is 110 Å². The van der Waals surface area contributed by atoms with Crippen LogP contribution in [0.3, 0.4) is 0 Å². The third-order valence-corrected chi connectivity index (χ3v) is 2.67. The first kappa shape index (κ1) is 17.5. The van der Waals surface area contributed by atoms with E-state index >= 15 is 0 Å². The number of methoxy groups -OCH3 is 3. The van der Waals surface area contributed by atoms with E-state index in [1.165, 1.54) is 0 Å². The molecule has 0 saturated carbocycles. The maximum absolute atomic E-state index is 9.78. The average Bonchev–Trinajstić information content (AvgIpc) is 2.37. The number of aliphatic hydroxyl groups is 1. The van der Waals surface area contributed by atoms with Crippen molar-refractivity contribution < 1.29 is 24.1 Å². The maximum Gasteiger partial charge on any atom is 0.146 e. The van der Waals surface area contributed by atoms with E-state index < -0.39 is 6.10 Å². The van der Waals surface area contributed by atoms with Crippen molar-refractivity contribution in [3.63, 3.8) is 0 Å². The van der Waals surface area contributed by atoms with Crippen LogP contribution >= 0.6 is 0 Å². The number of hydrogen-bond acceptors (Lipinski definition) is 5. The summed E-state index contributed by atoms with van der Waals surface area (Å²) in [5.41, 5.74) is 0. The number of ether oxygens (including phenoxy) is 4. The Hall–Kier alpha value is -0.460. The third-order valence-electron chi connectivity index (χ3n) is 2.67. The summed E-state index contributed by atoms with van der Waals surface area (Å²) in [6, 6.07) is 0. The molecule has 0 aliphatic heterocycles. The topological polar surface area (TPSA) is 57.2 Å². The molecule has 0 aromatic carbocycles. The van der Waals surface area contributed by atoms with Gasteiger partial charge < -0.3 is 24.1 Å². The highest BCUT2D eigenvalue weighted by atomic mass is 16.7. The molecule has 18 heavy (non-hydrogen) atoms. The van der Waals surface area contributed by atoms with Crippen molar-refractivity contribution >= 4 is 0 Å². The van der Waals surface area contributed by atoms with Gasteiger partial charge in [0, 0.05) is 34.4 Å². The number of rotatable bonds is 12. The molecule has 0 heterocycles. The summed E-state index contributed by atoms with van der Waals surface area (Å²) in [6.45, 7) is 4.38. The first-order chi connectivity index (χ1) is 8.69. The minimum absolute atomic E-state index is 0.158. The third kappa shape index (κ3) is 7.79. The zero-order valence-corrected chi connectivity index (χ0v) is 11.6. The van der Waals surface area contributed by atoms with Crippen LogP contribution in [-0.2, 0) is 18.9 Å². The largest absolute Gasteiger partial charge is 0.393 e. The van der Waals surface area contributed by atoms with Crippen LogP contribution in [-0.4, -0.2) is 58.1 Å². The summed E-state index contributed by atoms with van der Waals surface area (Å²) in [6.07, 6.45) is 2.61. The maximum atomic E-state index is 9.78. The summed E-state index contributed by atoms with van der Waals surface area (Å²) in [7, 11) is 4.82. The molecule has 0 aliphatic carbocycles. The molecule has 0 fully saturated rings. The van der Waals surface area contributed by atoms with Crippen molar-refractivity contribution in [3.05, 3.63) is 12.7 Å². The molecule has 0 bridgehead atoms. The first-order valence-electron chi connectivity index (χ1n) is 6.10. The fourth-order valence-corrected chi connectivity index (χ4v) is 1.72. The second-order valence-corrected chi connectivity index (χ2v) is 4.08. The molecule has 1 unspecified atom stereocenters. The van der Waals surface area contributed by atoms with Crippen molar-refractivity contribution in [2.24, 2.45) is 0 Å². The Balaban J connectivity index is 4.32. The SMILES string of the molecule is C=CCC(O)C[C@H](OC)[C@H](CCOC)OCOC. The van der Waals surface area contributed by atoms with Crippen LogP contribution in [0.1, 0.15) is 19.3 Å². The lowest BCUT2D eigenvalue weighted by molar-refractivity contribution is -0.134. The molecule has 5 heteroatoms. The van der Waals surface area contributed by atoms with Crippen LogP contribution in [0.4, 0.5) is 0 Å². The molecule has 5 nitrogen and oxygen atoms in total. The van der Waals surface area contributed by atoms with Gasteiger partial charge in [-0.3, -0.25) is 0 Å². The normalized spacial score (nSPS) is 16.2. The van der Waals surface area contributed by atoms with E-state index in [1.807, 2.05) is 0 Å². The van der Waals surface area contributed by atoms with E-state index in [1.54, 1.807) is 27.4 Å². The summed E-state index contributed by atoms with van der Waals surface area (Å²) in [5.74, 6) is 0. The zero-order chi connectivity index (χ0) is 13.8. The van der Waals surface area contributed by atoms with Gasteiger partial charge in [0.25, 0.3) is 0 Å². The second-order valence-electron chi connectivity index (χ2n) is 4.08. The van der Waals surface area contributed by atoms with Gasteiger partial charge in [-0.1, -0.05) is 6.08 Å². The van der Waals surface area contributed by atoms with Crippen LogP contribution < -0.4 is 0 Å². The number of aliphatic hydroxyl groups excluding tert-OH is 1. The standard InChI is InChI=1S/C13H26O5/c1-5-6-11(14)9-13(17-4)12(7-8-15-2)18-10-16-3/h5,11-14H,1,6-10H2,2-4H3/t11?,12-,13-/m0/s1. The lowest BCUT2D eigenvalue weighted by Gasteiger charge is -2.27. The van der Waals surface area contributed by atoms with E-state index in [9.17, 15) is 5.11 Å². The predicted molar refractivity (Wildman–Crippen MR) is 69.5 cm³/mol. The van der Waals surface area contributed by atoms with Gasteiger partial charge in [-0.2, -0.15) is 0 Å². The highest BCUT2D eigenvalue weighted by Crippen LogP contribution is 2.15. The van der Waals surface area contributed by atoms with Crippen molar-refractivity contribution in [2.75, 3.05) is 34.7 Å². The van der Waals surface area contributed by atoms with Crippen LogP contribution in [0.25, 0.3) is 0 Å². The minimum atomic E-state index is -0.469. The minimum Gasteiger partial charge on any atom is -0.393 e. The van der Waals surface area contributed by atoms with Crippen LogP contribution in [0.15, 0.2) is 12.7 Å². The summed E-state index contributed by atoms with van der Waals surface area (Å²) in [4.78, 5) is 0. The molecule has 108 valence electrons. The fourth-order valence-electron chi connectivity index (χ4n) is 1.72. The molecule has 0 aromatic rings. The molecule has 0 spiro atoms. The van der Waals surface area contributed by atoms with Crippen LogP contribution in [0.5, 0.6) is 0 Å². The van der Waals surface area contributed by atoms with Crippen molar-refractivity contribution in [1.29, 1.82) is 0 Å². The van der Waals surface area contributed by atoms with Gasteiger partial charge in [0.05, 0.1) is 18.3 Å². The van der Waals surface area contributed by atoms with Gasteiger partial charge in [0.15, 0.2) is 0 Å². The van der Waals surface area contributed by atoms with Gasteiger partial charge in [-0.15, -0.1) is 6.58 Å². The van der Waals surface area contributed by atoms with Gasteiger partial charge in [0.2, 0.25) is 0 Å². The molecular formula is C13H26O5. The molecule has 3 atom stereocenters. The molecule has 0 aliphatic rings. The summed E-state index contributed by atoms with van der Waals surface area (Å²) < 4.78 is 20.9. The predicted octanol–water partition coefficient (Wildman–Crippen LogP) is 1.35. The Morgan fingerprint density at radius 1 is 1.17 bits per heavy atom. The summed E-state index contributed by atoms with van der Waals surface area (Å²) in [5, 5.41) is 9.78. The van der Waals surface area contributed by atoms with Gasteiger partial charge >= 0.3 is 0 Å². The average molecular weight is 262 g/mol. The van der Waals surface area contributed by atoms with Crippen molar-refractivity contribution in [1.82, 2.24) is 0 Å². The molecule has 1 N–H and O–H groups in total. The van der Waals surface area contributed by atoms with Crippen molar-refractivity contribution in [2.45, 2.75) is 37.6 Å². The molecular weight excluding hydrogens is 236 g/mol. The van der Waals surface area contributed by atoms with Crippen LogP contribution in [0.2, 0.25) is 0 Å². The van der Waals surface area contributed by atoms with Gasteiger partial charge in [-0.25, -0.2) is 0 Å². The monoisotopic (exact) mass is 262 g/mol. The van der Waals surface area contributed by atoms with Crippen molar-refractivity contribution in [3.8, 4) is 0 Å².